The molecule has 172 valence electrons. The lowest BCUT2D eigenvalue weighted by molar-refractivity contribution is -0.122. The van der Waals surface area contributed by atoms with Crippen LogP contribution in [0.5, 0.6) is 0 Å². The molecule has 1 amide bonds. The highest BCUT2D eigenvalue weighted by Crippen LogP contribution is 2.39. The number of carbonyl (C=O) groups is 2. The summed E-state index contributed by atoms with van der Waals surface area (Å²) in [5.41, 5.74) is 5.70. The Morgan fingerprint density at radius 2 is 2.06 bits per heavy atom. The van der Waals surface area contributed by atoms with Crippen molar-refractivity contribution in [3.63, 3.8) is 0 Å². The van der Waals surface area contributed by atoms with Crippen molar-refractivity contribution in [3.05, 3.63) is 53.0 Å². The first-order chi connectivity index (χ1) is 15.4. The van der Waals surface area contributed by atoms with Crippen LogP contribution < -0.4 is 0 Å². The molecule has 1 aliphatic rings. The van der Waals surface area contributed by atoms with Crippen molar-refractivity contribution in [3.8, 4) is 0 Å². The van der Waals surface area contributed by atoms with Crippen LogP contribution in [-0.4, -0.2) is 69.2 Å². The molecule has 4 rings (SSSR count). The Morgan fingerprint density at radius 1 is 1.31 bits per heavy atom. The predicted molar refractivity (Wildman–Crippen MR) is 125 cm³/mol. The molecular formula is C24H33N5O3. The Balaban J connectivity index is 0.000000913. The average Bonchev–Trinajstić information content (AvgIpc) is 3.34. The Kier molecular flexibility index (Phi) is 7.69. The highest BCUT2D eigenvalue weighted by molar-refractivity contribution is 5.93. The molecule has 1 aliphatic carbocycles. The number of H-pyrrole nitrogens is 1. The summed E-state index contributed by atoms with van der Waals surface area (Å²) in [7, 11) is 5.99. The van der Waals surface area contributed by atoms with E-state index in [1.165, 1.54) is 27.7 Å². The number of aryl methyl sites for hydroxylation is 3. The number of carbonyl (C=O) groups excluding carboxylic acids is 1. The topological polar surface area (TPSA) is 94.5 Å². The minimum Gasteiger partial charge on any atom is -0.483 e. The number of aromatic amines is 1. The molecule has 8 heteroatoms. The number of aromatic nitrogens is 3. The minimum atomic E-state index is -0.250. The Labute approximate surface area is 188 Å². The summed E-state index contributed by atoms with van der Waals surface area (Å²) in [4.78, 5) is 29.8. The first kappa shape index (κ1) is 23.5. The maximum atomic E-state index is 13.5. The summed E-state index contributed by atoms with van der Waals surface area (Å²) in [5.74, 6) is 0.0662. The Morgan fingerprint density at radius 3 is 2.72 bits per heavy atom. The normalized spacial score (nSPS) is 15.2. The zero-order chi connectivity index (χ0) is 23.3. The Bertz CT molecular complexity index is 1070. The molecule has 2 heterocycles. The number of fused-ring (bicyclic) bond motifs is 3. The fraction of sp³-hybridized carbons (Fsp3) is 0.458. The fourth-order valence-electron chi connectivity index (χ4n) is 4.55. The van der Waals surface area contributed by atoms with Gasteiger partial charge in [0.15, 0.2) is 0 Å². The second-order valence-corrected chi connectivity index (χ2v) is 8.58. The minimum absolute atomic E-state index is 0.0662. The summed E-state index contributed by atoms with van der Waals surface area (Å²) >= 11 is 0. The van der Waals surface area contributed by atoms with Crippen LogP contribution in [-0.2, 0) is 18.3 Å². The molecule has 2 aromatic heterocycles. The van der Waals surface area contributed by atoms with Gasteiger partial charge in [-0.3, -0.25) is 14.3 Å². The van der Waals surface area contributed by atoms with Crippen molar-refractivity contribution in [1.82, 2.24) is 24.6 Å². The lowest BCUT2D eigenvalue weighted by Crippen LogP contribution is -2.39. The molecule has 32 heavy (non-hydrogen) atoms. The van der Waals surface area contributed by atoms with E-state index in [1.54, 1.807) is 10.9 Å². The molecular weight excluding hydrogens is 406 g/mol. The van der Waals surface area contributed by atoms with Gasteiger partial charge in [-0.25, -0.2) is 0 Å². The standard InChI is InChI=1S/C23H31N5O.CH2O2/c1-16-9-10-19-18(15-16)17-7-5-8-20(22(17)25-19)28(14-6-13-26(2)3)23(29)21-11-12-24-27(21)4;2-1-3/h9-12,15,20,25H,5-8,13-14H2,1-4H3;1H,(H,2,3). The van der Waals surface area contributed by atoms with Crippen LogP contribution in [0.4, 0.5) is 0 Å². The van der Waals surface area contributed by atoms with Crippen molar-refractivity contribution >= 4 is 23.3 Å². The zero-order valence-electron chi connectivity index (χ0n) is 19.3. The summed E-state index contributed by atoms with van der Waals surface area (Å²) in [5, 5.41) is 12.4. The third-order valence-corrected chi connectivity index (χ3v) is 6.01. The van der Waals surface area contributed by atoms with Crippen LogP contribution in [0.2, 0.25) is 0 Å². The SMILES string of the molecule is Cc1ccc2[nH]c3c(c2c1)CCCC3N(CCCN(C)C)C(=O)c1ccnn1C.O=CO. The zero-order valence-corrected chi connectivity index (χ0v) is 19.3. The molecule has 1 atom stereocenters. The van der Waals surface area contributed by atoms with Crippen LogP contribution in [0, 0.1) is 6.92 Å². The smallest absolute Gasteiger partial charge is 0.290 e. The van der Waals surface area contributed by atoms with E-state index in [1.807, 2.05) is 13.1 Å². The number of carboxylic acid groups (broad SMARTS) is 1. The van der Waals surface area contributed by atoms with E-state index in [2.05, 4.69) is 59.1 Å². The van der Waals surface area contributed by atoms with Gasteiger partial charge in [0.2, 0.25) is 0 Å². The van der Waals surface area contributed by atoms with Gasteiger partial charge >= 0.3 is 0 Å². The van der Waals surface area contributed by atoms with Crippen LogP contribution >= 0.6 is 0 Å². The van der Waals surface area contributed by atoms with Crippen molar-refractivity contribution in [2.75, 3.05) is 27.2 Å². The van der Waals surface area contributed by atoms with Gasteiger partial charge < -0.3 is 19.9 Å². The highest BCUT2D eigenvalue weighted by Gasteiger charge is 2.33. The molecule has 0 fully saturated rings. The van der Waals surface area contributed by atoms with Crippen LogP contribution in [0.3, 0.4) is 0 Å². The van der Waals surface area contributed by atoms with Crippen molar-refractivity contribution in [2.45, 2.75) is 38.6 Å². The third kappa shape index (κ3) is 5.02. The third-order valence-electron chi connectivity index (χ3n) is 6.01. The first-order valence-electron chi connectivity index (χ1n) is 11.0. The van der Waals surface area contributed by atoms with Gasteiger partial charge in [-0.15, -0.1) is 0 Å². The quantitative estimate of drug-likeness (QED) is 0.574. The van der Waals surface area contributed by atoms with Crippen LogP contribution in [0.25, 0.3) is 10.9 Å². The monoisotopic (exact) mass is 439 g/mol. The molecule has 1 aromatic carbocycles. The number of amides is 1. The van der Waals surface area contributed by atoms with Crippen molar-refractivity contribution in [1.29, 1.82) is 0 Å². The van der Waals surface area contributed by atoms with E-state index in [-0.39, 0.29) is 18.4 Å². The number of hydrogen-bond acceptors (Lipinski definition) is 4. The predicted octanol–water partition coefficient (Wildman–Crippen LogP) is 3.38. The van der Waals surface area contributed by atoms with E-state index in [4.69, 9.17) is 9.90 Å². The molecule has 1 unspecified atom stereocenters. The fourth-order valence-corrected chi connectivity index (χ4v) is 4.55. The summed E-state index contributed by atoms with van der Waals surface area (Å²) in [6.45, 7) is 3.58. The molecule has 0 radical (unpaired) electrons. The molecule has 0 saturated heterocycles. The lowest BCUT2D eigenvalue weighted by Gasteiger charge is -2.35. The van der Waals surface area contributed by atoms with Gasteiger partial charge in [0.25, 0.3) is 12.4 Å². The first-order valence-corrected chi connectivity index (χ1v) is 11.0. The van der Waals surface area contributed by atoms with Gasteiger partial charge in [0.05, 0.1) is 6.04 Å². The number of nitrogens with one attached hydrogen (secondary N) is 1. The van der Waals surface area contributed by atoms with E-state index in [9.17, 15) is 4.79 Å². The van der Waals surface area contributed by atoms with E-state index < -0.39 is 0 Å². The van der Waals surface area contributed by atoms with E-state index in [0.717, 1.165) is 38.8 Å². The average molecular weight is 440 g/mol. The van der Waals surface area contributed by atoms with Crippen molar-refractivity contribution in [2.24, 2.45) is 7.05 Å². The molecule has 0 aliphatic heterocycles. The largest absolute Gasteiger partial charge is 0.483 e. The molecule has 8 nitrogen and oxygen atoms in total. The van der Waals surface area contributed by atoms with Gasteiger partial charge in [-0.2, -0.15) is 5.10 Å². The molecule has 0 saturated carbocycles. The second kappa shape index (κ2) is 10.5. The van der Waals surface area contributed by atoms with Crippen LogP contribution in [0.1, 0.15) is 52.6 Å². The summed E-state index contributed by atoms with van der Waals surface area (Å²) in [6.07, 6.45) is 5.80. The molecule has 2 N–H and O–H groups in total. The molecule has 0 spiro atoms. The molecule has 3 aromatic rings. The van der Waals surface area contributed by atoms with E-state index in [0.29, 0.717) is 5.69 Å². The summed E-state index contributed by atoms with van der Waals surface area (Å²) in [6, 6.07) is 8.48. The number of nitrogens with zero attached hydrogens (tertiary/aromatic N) is 4. The highest BCUT2D eigenvalue weighted by atomic mass is 16.3. The maximum absolute atomic E-state index is 13.5. The number of benzene rings is 1. The lowest BCUT2D eigenvalue weighted by atomic mass is 9.90. The van der Waals surface area contributed by atoms with Crippen LogP contribution in [0.15, 0.2) is 30.5 Å². The maximum Gasteiger partial charge on any atom is 0.290 e. The summed E-state index contributed by atoms with van der Waals surface area (Å²) < 4.78 is 1.68. The number of hydrogen-bond donors (Lipinski definition) is 2. The van der Waals surface area contributed by atoms with Crippen molar-refractivity contribution < 1.29 is 14.7 Å². The van der Waals surface area contributed by atoms with Gasteiger partial charge in [0, 0.05) is 36.4 Å². The van der Waals surface area contributed by atoms with Gasteiger partial charge in [-0.05, 0) is 77.0 Å². The van der Waals surface area contributed by atoms with E-state index >= 15 is 0 Å². The van der Waals surface area contributed by atoms with Gasteiger partial charge in [0.1, 0.15) is 5.69 Å². The second-order valence-electron chi connectivity index (χ2n) is 8.58. The Hall–Kier alpha value is -3.13. The number of rotatable bonds is 6. The molecule has 0 bridgehead atoms. The van der Waals surface area contributed by atoms with Gasteiger partial charge in [-0.1, -0.05) is 11.6 Å².